The van der Waals surface area contributed by atoms with Crippen LogP contribution in [0.3, 0.4) is 0 Å². The zero-order valence-corrected chi connectivity index (χ0v) is 12.9. The molecule has 4 nitrogen and oxygen atoms in total. The summed E-state index contributed by atoms with van der Waals surface area (Å²) in [5.74, 6) is 1.13. The van der Waals surface area contributed by atoms with E-state index >= 15 is 0 Å². The van der Waals surface area contributed by atoms with Gasteiger partial charge in [0.1, 0.15) is 5.82 Å². The second-order valence-electron chi connectivity index (χ2n) is 5.51. The largest absolute Gasteiger partial charge is 0.383 e. The minimum Gasteiger partial charge on any atom is -0.383 e. The molecule has 1 aromatic heterocycles. The average molecular weight is 277 g/mol. The third kappa shape index (κ3) is 3.93. The molecule has 2 rings (SSSR count). The molecule has 0 aliphatic heterocycles. The van der Waals surface area contributed by atoms with Crippen molar-refractivity contribution in [3.05, 3.63) is 23.9 Å². The molecule has 1 aliphatic carbocycles. The molecular formula is C16H27N3O. The standard InChI is InChI=1S/C16H27N3O/c1-4-9-17-13(2)15-6-5-10-18-16(15)19(11-12-20-3)14-7-8-14/h5-6,10,13-14,17H,4,7-9,11-12H2,1-3H3. The van der Waals surface area contributed by atoms with Crippen molar-refractivity contribution in [3.63, 3.8) is 0 Å². The Morgan fingerprint density at radius 1 is 1.50 bits per heavy atom. The van der Waals surface area contributed by atoms with Crippen molar-refractivity contribution in [3.8, 4) is 0 Å². The van der Waals surface area contributed by atoms with Crippen LogP contribution in [-0.2, 0) is 4.74 Å². The molecule has 1 saturated carbocycles. The van der Waals surface area contributed by atoms with Gasteiger partial charge < -0.3 is 15.0 Å². The van der Waals surface area contributed by atoms with Gasteiger partial charge in [-0.3, -0.25) is 0 Å². The van der Waals surface area contributed by atoms with Gasteiger partial charge in [-0.1, -0.05) is 13.0 Å². The molecule has 0 bridgehead atoms. The van der Waals surface area contributed by atoms with E-state index < -0.39 is 0 Å². The lowest BCUT2D eigenvalue weighted by Crippen LogP contribution is -2.32. The Balaban J connectivity index is 2.15. The Morgan fingerprint density at radius 3 is 2.95 bits per heavy atom. The Bertz CT molecular complexity index is 406. The molecule has 20 heavy (non-hydrogen) atoms. The number of methoxy groups -OCH3 is 1. The number of ether oxygens (including phenoxy) is 1. The maximum Gasteiger partial charge on any atom is 0.133 e. The van der Waals surface area contributed by atoms with Crippen LogP contribution in [0.1, 0.15) is 44.7 Å². The molecule has 0 radical (unpaired) electrons. The van der Waals surface area contributed by atoms with Gasteiger partial charge in [-0.25, -0.2) is 4.98 Å². The first-order chi connectivity index (χ1) is 9.77. The Kier molecular flexibility index (Phi) is 5.80. The van der Waals surface area contributed by atoms with Gasteiger partial charge in [0.25, 0.3) is 0 Å². The van der Waals surface area contributed by atoms with Gasteiger partial charge in [0.2, 0.25) is 0 Å². The maximum absolute atomic E-state index is 5.25. The molecule has 1 unspecified atom stereocenters. The quantitative estimate of drug-likeness (QED) is 0.753. The average Bonchev–Trinajstić information content (AvgIpc) is 3.30. The monoisotopic (exact) mass is 277 g/mol. The van der Waals surface area contributed by atoms with Crippen molar-refractivity contribution >= 4 is 5.82 Å². The van der Waals surface area contributed by atoms with Gasteiger partial charge in [-0.15, -0.1) is 0 Å². The number of aromatic nitrogens is 1. The van der Waals surface area contributed by atoms with E-state index in [1.165, 1.54) is 18.4 Å². The molecule has 0 spiro atoms. The molecular weight excluding hydrogens is 250 g/mol. The van der Waals surface area contributed by atoms with Crippen molar-refractivity contribution in [1.82, 2.24) is 10.3 Å². The second kappa shape index (κ2) is 7.60. The lowest BCUT2D eigenvalue weighted by molar-refractivity contribution is 0.204. The van der Waals surface area contributed by atoms with Gasteiger partial charge in [-0.2, -0.15) is 0 Å². The van der Waals surface area contributed by atoms with Crippen molar-refractivity contribution in [1.29, 1.82) is 0 Å². The lowest BCUT2D eigenvalue weighted by atomic mass is 10.1. The van der Waals surface area contributed by atoms with E-state index in [1.54, 1.807) is 7.11 Å². The summed E-state index contributed by atoms with van der Waals surface area (Å²) in [5, 5.41) is 3.56. The second-order valence-corrected chi connectivity index (χ2v) is 5.51. The summed E-state index contributed by atoms with van der Waals surface area (Å²) in [7, 11) is 1.76. The predicted molar refractivity (Wildman–Crippen MR) is 83.2 cm³/mol. The Hall–Kier alpha value is -1.13. The van der Waals surface area contributed by atoms with Crippen LogP contribution in [0, 0.1) is 0 Å². The van der Waals surface area contributed by atoms with Gasteiger partial charge in [-0.05, 0) is 38.8 Å². The van der Waals surface area contributed by atoms with E-state index in [1.807, 2.05) is 12.3 Å². The number of nitrogens with zero attached hydrogens (tertiary/aromatic N) is 2. The summed E-state index contributed by atoms with van der Waals surface area (Å²) in [6.07, 6.45) is 5.59. The number of hydrogen-bond donors (Lipinski definition) is 1. The van der Waals surface area contributed by atoms with Gasteiger partial charge >= 0.3 is 0 Å². The van der Waals surface area contributed by atoms with Crippen molar-refractivity contribution in [2.45, 2.75) is 45.2 Å². The fraction of sp³-hybridized carbons (Fsp3) is 0.688. The zero-order chi connectivity index (χ0) is 14.4. The molecule has 0 aromatic carbocycles. The van der Waals surface area contributed by atoms with E-state index in [0.29, 0.717) is 12.1 Å². The number of pyridine rings is 1. The van der Waals surface area contributed by atoms with Crippen LogP contribution in [0.15, 0.2) is 18.3 Å². The third-order valence-corrected chi connectivity index (χ3v) is 3.78. The predicted octanol–water partition coefficient (Wildman–Crippen LogP) is 2.76. The number of nitrogens with one attached hydrogen (secondary N) is 1. The summed E-state index contributed by atoms with van der Waals surface area (Å²) in [4.78, 5) is 7.07. The summed E-state index contributed by atoms with van der Waals surface area (Å²) >= 11 is 0. The van der Waals surface area contributed by atoms with Gasteiger partial charge in [0.15, 0.2) is 0 Å². The molecule has 1 heterocycles. The Morgan fingerprint density at radius 2 is 2.30 bits per heavy atom. The summed E-state index contributed by atoms with van der Waals surface area (Å²) in [5.41, 5.74) is 1.30. The van der Waals surface area contributed by atoms with Crippen LogP contribution < -0.4 is 10.2 Å². The molecule has 112 valence electrons. The first-order valence-electron chi connectivity index (χ1n) is 7.71. The van der Waals surface area contributed by atoms with E-state index in [-0.39, 0.29) is 0 Å². The highest BCUT2D eigenvalue weighted by Crippen LogP contribution is 2.33. The SMILES string of the molecule is CCCNC(C)c1cccnc1N(CCOC)C1CC1. The van der Waals surface area contributed by atoms with Crippen LogP contribution in [0.4, 0.5) is 5.82 Å². The fourth-order valence-corrected chi connectivity index (χ4v) is 2.50. The van der Waals surface area contributed by atoms with Crippen LogP contribution >= 0.6 is 0 Å². The highest BCUT2D eigenvalue weighted by Gasteiger charge is 2.31. The number of hydrogen-bond acceptors (Lipinski definition) is 4. The maximum atomic E-state index is 5.25. The fourth-order valence-electron chi connectivity index (χ4n) is 2.50. The van der Waals surface area contributed by atoms with Crippen LogP contribution in [0.2, 0.25) is 0 Å². The minimum atomic E-state index is 0.336. The number of anilines is 1. The normalized spacial score (nSPS) is 16.1. The highest BCUT2D eigenvalue weighted by atomic mass is 16.5. The van der Waals surface area contributed by atoms with E-state index in [9.17, 15) is 0 Å². The lowest BCUT2D eigenvalue weighted by Gasteiger charge is -2.27. The summed E-state index contributed by atoms with van der Waals surface area (Å²) in [6.45, 7) is 7.13. The summed E-state index contributed by atoms with van der Waals surface area (Å²) < 4.78 is 5.25. The molecule has 4 heteroatoms. The van der Waals surface area contributed by atoms with E-state index in [4.69, 9.17) is 4.74 Å². The topological polar surface area (TPSA) is 37.4 Å². The van der Waals surface area contributed by atoms with Crippen LogP contribution in [0.25, 0.3) is 0 Å². The van der Waals surface area contributed by atoms with Gasteiger partial charge in [0.05, 0.1) is 6.61 Å². The zero-order valence-electron chi connectivity index (χ0n) is 12.9. The van der Waals surface area contributed by atoms with E-state index in [0.717, 1.165) is 31.9 Å². The van der Waals surface area contributed by atoms with Gasteiger partial charge in [0, 0.05) is 37.5 Å². The first-order valence-corrected chi connectivity index (χ1v) is 7.71. The van der Waals surface area contributed by atoms with Crippen molar-refractivity contribution in [2.24, 2.45) is 0 Å². The third-order valence-electron chi connectivity index (χ3n) is 3.78. The molecule has 1 aliphatic rings. The molecule has 1 aromatic rings. The van der Waals surface area contributed by atoms with Crippen LogP contribution in [0.5, 0.6) is 0 Å². The molecule has 1 N–H and O–H groups in total. The highest BCUT2D eigenvalue weighted by molar-refractivity contribution is 5.50. The molecule has 0 saturated heterocycles. The summed E-state index contributed by atoms with van der Waals surface area (Å²) in [6, 6.07) is 5.21. The minimum absolute atomic E-state index is 0.336. The molecule has 1 atom stereocenters. The smallest absolute Gasteiger partial charge is 0.133 e. The van der Waals surface area contributed by atoms with Crippen molar-refractivity contribution < 1.29 is 4.74 Å². The first kappa shape index (κ1) is 15.3. The van der Waals surface area contributed by atoms with Crippen molar-refractivity contribution in [2.75, 3.05) is 31.7 Å². The van der Waals surface area contributed by atoms with Crippen LogP contribution in [-0.4, -0.2) is 37.8 Å². The molecule has 1 fully saturated rings. The van der Waals surface area contributed by atoms with E-state index in [2.05, 4.69) is 35.1 Å². The molecule has 0 amide bonds. The Labute approximate surface area is 122 Å². The number of rotatable bonds is 9.